The van der Waals surface area contributed by atoms with E-state index >= 15 is 8.78 Å². The topological polar surface area (TPSA) is 154 Å². The Morgan fingerprint density at radius 1 is 1.05 bits per heavy atom. The summed E-state index contributed by atoms with van der Waals surface area (Å²) in [6.07, 6.45) is 8.23. The summed E-state index contributed by atoms with van der Waals surface area (Å²) in [5.74, 6) is -0.977. The molecule has 4 fully saturated rings. The molecule has 326 valence electrons. The van der Waals surface area contributed by atoms with Crippen molar-refractivity contribution in [2.75, 3.05) is 49.5 Å². The van der Waals surface area contributed by atoms with Crippen molar-refractivity contribution in [2.24, 2.45) is 7.05 Å². The number of carbonyl (C=O) groups is 2. The number of urea groups is 1. The monoisotopic (exact) mass is 870 g/mol. The van der Waals surface area contributed by atoms with E-state index in [0.717, 1.165) is 58.3 Å². The number of benzene rings is 3. The van der Waals surface area contributed by atoms with Crippen molar-refractivity contribution >= 4 is 57.5 Å². The van der Waals surface area contributed by atoms with Gasteiger partial charge in [-0.2, -0.15) is 10.4 Å². The highest BCUT2D eigenvalue weighted by Crippen LogP contribution is 2.43. The predicted molar refractivity (Wildman–Crippen MR) is 230 cm³/mol. The Labute approximate surface area is 362 Å². The number of aryl methyl sites for hydroxylation is 1. The number of ether oxygens (including phenoxy) is 2. The van der Waals surface area contributed by atoms with Crippen LogP contribution in [-0.4, -0.2) is 98.5 Å². The van der Waals surface area contributed by atoms with Gasteiger partial charge in [0, 0.05) is 88.3 Å². The van der Waals surface area contributed by atoms with Crippen molar-refractivity contribution in [3.05, 3.63) is 77.6 Å². The number of nitriles is 1. The van der Waals surface area contributed by atoms with Gasteiger partial charge in [-0.25, -0.2) is 22.3 Å². The molecule has 1 aliphatic carbocycles. The van der Waals surface area contributed by atoms with Gasteiger partial charge < -0.3 is 14.2 Å². The number of fused-ring (bicyclic) bond motifs is 2. The fourth-order valence-corrected chi connectivity index (χ4v) is 9.48. The van der Waals surface area contributed by atoms with Crippen molar-refractivity contribution in [3.63, 3.8) is 0 Å². The molecule has 3 atom stereocenters. The second kappa shape index (κ2) is 18.5. The Balaban J connectivity index is 0.000000181. The van der Waals surface area contributed by atoms with E-state index in [1.807, 2.05) is 24.3 Å². The number of hydrogen-bond donors (Lipinski definition) is 2. The standard InChI is InChI=1S/C26H33F2N5O3.C18H16FN5OS/c1-31-22-15-17(19(27)14-18(22)24(30-31)33-9-5-23(34)29-25(33)35)16-3-4-21(20(28)13-16)32-10-7-26(8-11-32)6-2-12-36-26;1-3-24(2)26-23-15-7-5-14(19)18(13(15)11-20)25-12-4-6-16-17(10-12)22-9-8-21-16/h14-16,20-21H,2-13H2,1H3,(H,29,34,35);4-10,23H,3H2,1-2H3. The van der Waals surface area contributed by atoms with Gasteiger partial charge in [0.25, 0.3) is 0 Å². The van der Waals surface area contributed by atoms with Crippen LogP contribution in [0.15, 0.2) is 54.9 Å². The number of nitrogens with one attached hydrogen (secondary N) is 2. The van der Waals surface area contributed by atoms with Crippen LogP contribution in [0.1, 0.15) is 75.3 Å². The quantitative estimate of drug-likeness (QED) is 0.138. The third-order valence-electron chi connectivity index (χ3n) is 12.4. The first-order valence-electron chi connectivity index (χ1n) is 21.0. The van der Waals surface area contributed by atoms with Gasteiger partial charge in [-0.1, -0.05) is 6.92 Å². The molecule has 1 saturated carbocycles. The molecular weight excluding hydrogens is 822 g/mol. The molecule has 9 rings (SSSR count). The van der Waals surface area contributed by atoms with E-state index in [-0.39, 0.29) is 47.7 Å². The van der Waals surface area contributed by atoms with Gasteiger partial charge in [0.15, 0.2) is 17.4 Å². The number of alkyl halides is 1. The van der Waals surface area contributed by atoms with Crippen molar-refractivity contribution in [2.45, 2.75) is 82.0 Å². The molecular formula is C44H49F3N10O4S. The maximum atomic E-state index is 15.5. The smallest absolute Gasteiger partial charge is 0.329 e. The van der Waals surface area contributed by atoms with Crippen LogP contribution in [0.4, 0.5) is 29.5 Å². The predicted octanol–water partition coefficient (Wildman–Crippen LogP) is 8.14. The number of piperidine rings is 1. The summed E-state index contributed by atoms with van der Waals surface area (Å²) in [5.41, 5.74) is 3.12. The summed E-state index contributed by atoms with van der Waals surface area (Å²) in [6, 6.07) is 12.3. The van der Waals surface area contributed by atoms with Crippen molar-refractivity contribution in [1.29, 1.82) is 5.26 Å². The SMILES string of the molecule is CCN(C)SNc1ccc(F)c(Oc2ccc3nccnc3c2)c1C#N.Cn1nc(N2CCC(=O)NC2=O)c2cc(F)c(C3CCC(N4CCC5(CCCO5)CC4)C(F)C3)cc21. The molecule has 3 aliphatic heterocycles. The summed E-state index contributed by atoms with van der Waals surface area (Å²) in [6.45, 7) is 5.57. The normalized spacial score (nSPS) is 21.5. The molecule has 0 bridgehead atoms. The average Bonchev–Trinajstić information content (AvgIpc) is 3.86. The van der Waals surface area contributed by atoms with Gasteiger partial charge in [0.1, 0.15) is 29.4 Å². The summed E-state index contributed by atoms with van der Waals surface area (Å²) in [7, 11) is 3.65. The number of likely N-dealkylation sites (tertiary alicyclic amines) is 1. The van der Waals surface area contributed by atoms with Gasteiger partial charge in [-0.05, 0) is 99.9 Å². The molecule has 2 aromatic heterocycles. The van der Waals surface area contributed by atoms with Gasteiger partial charge >= 0.3 is 6.03 Å². The lowest BCUT2D eigenvalue weighted by atomic mass is 9.78. The molecule has 62 heavy (non-hydrogen) atoms. The second-order valence-electron chi connectivity index (χ2n) is 16.2. The molecule has 14 nitrogen and oxygen atoms in total. The van der Waals surface area contributed by atoms with Crippen LogP contribution < -0.4 is 19.7 Å². The highest BCUT2D eigenvalue weighted by molar-refractivity contribution is 7.98. The first-order valence-corrected chi connectivity index (χ1v) is 21.8. The zero-order valence-corrected chi connectivity index (χ0v) is 35.7. The lowest BCUT2D eigenvalue weighted by Crippen LogP contribution is -2.52. The molecule has 0 radical (unpaired) electrons. The van der Waals surface area contributed by atoms with Crippen LogP contribution >= 0.6 is 12.1 Å². The third kappa shape index (κ3) is 9.03. The molecule has 1 spiro atoms. The number of nitrogens with zero attached hydrogens (tertiary/aromatic N) is 8. The van der Waals surface area contributed by atoms with E-state index in [4.69, 9.17) is 9.47 Å². The van der Waals surface area contributed by atoms with Crippen molar-refractivity contribution < 1.29 is 32.2 Å². The number of hydrogen-bond acceptors (Lipinski definition) is 12. The minimum absolute atomic E-state index is 0.0183. The van der Waals surface area contributed by atoms with Gasteiger partial charge in [-0.15, -0.1) is 0 Å². The van der Waals surface area contributed by atoms with Crippen LogP contribution in [0.5, 0.6) is 11.5 Å². The number of carbonyl (C=O) groups excluding carboxylic acids is 2. The van der Waals surface area contributed by atoms with E-state index < -0.39 is 23.8 Å². The largest absolute Gasteiger partial charge is 0.453 e. The van der Waals surface area contributed by atoms with E-state index in [9.17, 15) is 19.2 Å². The molecule has 3 saturated heterocycles. The van der Waals surface area contributed by atoms with E-state index in [2.05, 4.69) is 30.0 Å². The fourth-order valence-electron chi connectivity index (χ4n) is 8.93. The number of anilines is 2. The van der Waals surface area contributed by atoms with Gasteiger partial charge in [-0.3, -0.25) is 34.6 Å². The lowest BCUT2D eigenvalue weighted by molar-refractivity contribution is -0.120. The van der Waals surface area contributed by atoms with Crippen LogP contribution in [0.2, 0.25) is 0 Å². The summed E-state index contributed by atoms with van der Waals surface area (Å²) < 4.78 is 63.5. The Hall–Kier alpha value is -5.48. The Morgan fingerprint density at radius 2 is 1.84 bits per heavy atom. The van der Waals surface area contributed by atoms with E-state index in [1.54, 1.807) is 48.4 Å². The zero-order chi connectivity index (χ0) is 43.5. The first-order chi connectivity index (χ1) is 30.0. The number of amides is 3. The zero-order valence-electron chi connectivity index (χ0n) is 34.9. The molecule has 3 unspecified atom stereocenters. The lowest BCUT2D eigenvalue weighted by Gasteiger charge is -2.45. The van der Waals surface area contributed by atoms with Crippen LogP contribution in [0, 0.1) is 23.0 Å². The van der Waals surface area contributed by atoms with Gasteiger partial charge in [0.05, 0.1) is 27.8 Å². The van der Waals surface area contributed by atoms with E-state index in [1.165, 1.54) is 35.2 Å². The molecule has 3 aromatic carbocycles. The molecule has 5 aromatic rings. The molecule has 18 heteroatoms. The first kappa shape index (κ1) is 43.2. The molecule has 2 N–H and O–H groups in total. The molecule has 5 heterocycles. The van der Waals surface area contributed by atoms with Crippen molar-refractivity contribution in [1.82, 2.24) is 34.3 Å². The number of rotatable bonds is 9. The van der Waals surface area contributed by atoms with Crippen LogP contribution in [-0.2, 0) is 16.6 Å². The van der Waals surface area contributed by atoms with Crippen LogP contribution in [0.3, 0.4) is 0 Å². The fraction of sp³-hybridized carbons (Fsp3) is 0.455. The van der Waals surface area contributed by atoms with E-state index in [0.29, 0.717) is 57.6 Å². The maximum absolute atomic E-state index is 15.5. The highest BCUT2D eigenvalue weighted by atomic mass is 32.2. The minimum atomic E-state index is -1.01. The number of halogens is 3. The summed E-state index contributed by atoms with van der Waals surface area (Å²) in [5, 5.41) is 16.7. The number of imide groups is 1. The average molecular weight is 871 g/mol. The highest BCUT2D eigenvalue weighted by Gasteiger charge is 2.43. The van der Waals surface area contributed by atoms with Gasteiger partial charge in [0.2, 0.25) is 5.91 Å². The Morgan fingerprint density at radius 3 is 2.55 bits per heavy atom. The molecule has 3 amide bonds. The summed E-state index contributed by atoms with van der Waals surface area (Å²) >= 11 is 1.32. The van der Waals surface area contributed by atoms with Crippen LogP contribution in [0.25, 0.3) is 21.9 Å². The van der Waals surface area contributed by atoms with Crippen molar-refractivity contribution in [3.8, 4) is 17.6 Å². The third-order valence-corrected chi connectivity index (χ3v) is 13.3. The Bertz CT molecular complexity index is 2500. The minimum Gasteiger partial charge on any atom is -0.453 e. The second-order valence-corrected chi connectivity index (χ2v) is 17.2. The molecule has 4 aliphatic rings. The summed E-state index contributed by atoms with van der Waals surface area (Å²) in [4.78, 5) is 35.9. The maximum Gasteiger partial charge on any atom is 0.329 e. The number of aromatic nitrogens is 4. The Kier molecular flexibility index (Phi) is 12.9.